The van der Waals surface area contributed by atoms with Gasteiger partial charge in [-0.05, 0) is 36.2 Å². The molecule has 5 nitrogen and oxygen atoms in total. The molecule has 1 aromatic carbocycles. The summed E-state index contributed by atoms with van der Waals surface area (Å²) in [7, 11) is 0. The highest BCUT2D eigenvalue weighted by Crippen LogP contribution is 2.31. The summed E-state index contributed by atoms with van der Waals surface area (Å²) in [6.07, 6.45) is 2.95. The molecule has 0 bridgehead atoms. The van der Waals surface area contributed by atoms with Crippen molar-refractivity contribution >= 4 is 17.2 Å². The molecule has 2 aromatic rings. The highest BCUT2D eigenvalue weighted by molar-refractivity contribution is 5.89. The van der Waals surface area contributed by atoms with Crippen molar-refractivity contribution in [1.29, 1.82) is 0 Å². The van der Waals surface area contributed by atoms with E-state index in [0.29, 0.717) is 0 Å². The van der Waals surface area contributed by atoms with E-state index >= 15 is 0 Å². The maximum absolute atomic E-state index is 5.25. The summed E-state index contributed by atoms with van der Waals surface area (Å²) < 4.78 is 0. The minimum atomic E-state index is 0.202. The lowest BCUT2D eigenvalue weighted by Crippen LogP contribution is -2.17. The molecule has 0 aliphatic carbocycles. The normalized spacial score (nSPS) is 19.3. The van der Waals surface area contributed by atoms with Crippen LogP contribution in [0.5, 0.6) is 0 Å². The molecule has 0 radical (unpaired) electrons. The molecule has 3 heterocycles. The van der Waals surface area contributed by atoms with Crippen molar-refractivity contribution in [2.24, 2.45) is 5.16 Å². The lowest BCUT2D eigenvalue weighted by molar-refractivity contribution is 0.0995. The topological polar surface area (TPSA) is 49.8 Å². The largest absolute Gasteiger partial charge is 0.392 e. The van der Waals surface area contributed by atoms with E-state index in [2.05, 4.69) is 44.6 Å². The van der Waals surface area contributed by atoms with E-state index in [0.717, 1.165) is 37.6 Å². The predicted molar refractivity (Wildman–Crippen MR) is 91.7 cm³/mol. The maximum atomic E-state index is 5.25. The van der Waals surface area contributed by atoms with Crippen molar-refractivity contribution in [2.45, 2.75) is 32.5 Å². The lowest BCUT2D eigenvalue weighted by atomic mass is 10.1. The van der Waals surface area contributed by atoms with Crippen molar-refractivity contribution in [2.75, 3.05) is 16.8 Å². The summed E-state index contributed by atoms with van der Waals surface area (Å²) in [5, 5.41) is 7.64. The van der Waals surface area contributed by atoms with Crippen molar-refractivity contribution < 1.29 is 4.84 Å². The minimum Gasteiger partial charge on any atom is -0.392 e. The number of hydrogen-bond donors (Lipinski definition) is 1. The van der Waals surface area contributed by atoms with E-state index < -0.39 is 0 Å². The standard InChI is InChI=1S/C18H20N4O/c1-13-9-15(21-23-13)10-20-17-6-4-5-14-11-22(12-16(14)17)18-7-2-3-8-19-18/h2-8,13,20H,9-12H2,1H3. The molecular weight excluding hydrogens is 288 g/mol. The van der Waals surface area contributed by atoms with E-state index in [4.69, 9.17) is 4.84 Å². The van der Waals surface area contributed by atoms with Gasteiger partial charge < -0.3 is 15.1 Å². The number of anilines is 2. The molecule has 1 aromatic heterocycles. The highest BCUT2D eigenvalue weighted by atomic mass is 16.6. The number of aromatic nitrogens is 1. The molecule has 5 heteroatoms. The molecule has 2 aliphatic rings. The Balaban J connectivity index is 1.49. The zero-order chi connectivity index (χ0) is 15.6. The van der Waals surface area contributed by atoms with E-state index in [-0.39, 0.29) is 6.10 Å². The third-order valence-electron chi connectivity index (χ3n) is 4.32. The van der Waals surface area contributed by atoms with Crippen molar-refractivity contribution in [1.82, 2.24) is 4.98 Å². The van der Waals surface area contributed by atoms with Crippen LogP contribution in [0.1, 0.15) is 24.5 Å². The fourth-order valence-corrected chi connectivity index (χ4v) is 3.16. The Morgan fingerprint density at radius 1 is 1.22 bits per heavy atom. The summed E-state index contributed by atoms with van der Waals surface area (Å²) in [5.41, 5.74) is 4.97. The van der Waals surface area contributed by atoms with Gasteiger partial charge in [-0.15, -0.1) is 0 Å². The quantitative estimate of drug-likeness (QED) is 0.942. The van der Waals surface area contributed by atoms with Gasteiger partial charge in [0, 0.05) is 31.4 Å². The van der Waals surface area contributed by atoms with Gasteiger partial charge in [-0.1, -0.05) is 23.4 Å². The smallest absolute Gasteiger partial charge is 0.130 e. The van der Waals surface area contributed by atoms with Crippen molar-refractivity contribution in [3.63, 3.8) is 0 Å². The van der Waals surface area contributed by atoms with Crippen LogP contribution in [0, 0.1) is 0 Å². The number of hydrogen-bond acceptors (Lipinski definition) is 5. The molecule has 1 unspecified atom stereocenters. The van der Waals surface area contributed by atoms with Gasteiger partial charge in [-0.3, -0.25) is 0 Å². The molecule has 4 rings (SSSR count). The number of nitrogens with one attached hydrogen (secondary N) is 1. The van der Waals surface area contributed by atoms with Crippen molar-refractivity contribution in [3.05, 3.63) is 53.7 Å². The number of pyridine rings is 1. The van der Waals surface area contributed by atoms with E-state index in [9.17, 15) is 0 Å². The first-order chi connectivity index (χ1) is 11.3. The first kappa shape index (κ1) is 14.1. The van der Waals surface area contributed by atoms with Gasteiger partial charge >= 0.3 is 0 Å². The summed E-state index contributed by atoms with van der Waals surface area (Å²) in [4.78, 5) is 12.0. The van der Waals surface area contributed by atoms with E-state index in [1.54, 1.807) is 0 Å². The van der Waals surface area contributed by atoms with Crippen LogP contribution in [0.4, 0.5) is 11.5 Å². The molecule has 23 heavy (non-hydrogen) atoms. The monoisotopic (exact) mass is 308 g/mol. The van der Waals surface area contributed by atoms with Crippen molar-refractivity contribution in [3.8, 4) is 0 Å². The second-order valence-electron chi connectivity index (χ2n) is 6.12. The van der Waals surface area contributed by atoms with Crippen LogP contribution in [0.25, 0.3) is 0 Å². The second-order valence-corrected chi connectivity index (χ2v) is 6.12. The summed E-state index contributed by atoms with van der Waals surface area (Å²) in [6, 6.07) is 12.5. The van der Waals surface area contributed by atoms with Gasteiger partial charge in [0.25, 0.3) is 0 Å². The van der Waals surface area contributed by atoms with Gasteiger partial charge in [0.05, 0.1) is 12.3 Å². The van der Waals surface area contributed by atoms with Gasteiger partial charge in [0.15, 0.2) is 0 Å². The zero-order valence-corrected chi connectivity index (χ0v) is 13.2. The molecule has 0 fully saturated rings. The first-order valence-electron chi connectivity index (χ1n) is 8.02. The number of rotatable bonds is 4. The first-order valence-corrected chi connectivity index (χ1v) is 8.02. The molecule has 1 N–H and O–H groups in total. The molecule has 0 spiro atoms. The molecule has 0 saturated carbocycles. The number of nitrogens with zero attached hydrogens (tertiary/aromatic N) is 3. The van der Waals surface area contributed by atoms with Crippen LogP contribution in [0.2, 0.25) is 0 Å². The van der Waals surface area contributed by atoms with Gasteiger partial charge in [0.2, 0.25) is 0 Å². The molecular formula is C18H20N4O. The van der Waals surface area contributed by atoms with Crippen LogP contribution in [0.15, 0.2) is 47.8 Å². The van der Waals surface area contributed by atoms with Crippen LogP contribution in [0.3, 0.4) is 0 Å². The number of oxime groups is 1. The van der Waals surface area contributed by atoms with Gasteiger partial charge in [-0.2, -0.15) is 0 Å². The second kappa shape index (κ2) is 5.91. The summed E-state index contributed by atoms with van der Waals surface area (Å²) in [5.74, 6) is 1.03. The summed E-state index contributed by atoms with van der Waals surface area (Å²) >= 11 is 0. The summed E-state index contributed by atoms with van der Waals surface area (Å²) in [6.45, 7) is 4.57. The van der Waals surface area contributed by atoms with Crippen LogP contribution < -0.4 is 10.2 Å². The SMILES string of the molecule is CC1CC(CNc2cccc3c2CN(c2ccccn2)C3)=NO1. The van der Waals surface area contributed by atoms with E-state index in [1.165, 1.54) is 16.8 Å². The number of fused-ring (bicyclic) bond motifs is 1. The Kier molecular flexibility index (Phi) is 3.61. The van der Waals surface area contributed by atoms with Crippen LogP contribution in [-0.2, 0) is 17.9 Å². The zero-order valence-electron chi connectivity index (χ0n) is 13.2. The molecule has 118 valence electrons. The average Bonchev–Trinajstić information content (AvgIpc) is 3.20. The molecule has 1 atom stereocenters. The van der Waals surface area contributed by atoms with E-state index in [1.807, 2.05) is 25.3 Å². The maximum Gasteiger partial charge on any atom is 0.130 e. The Labute approximate surface area is 136 Å². The Morgan fingerprint density at radius 2 is 2.17 bits per heavy atom. The Hall–Kier alpha value is -2.56. The Morgan fingerprint density at radius 3 is 2.96 bits per heavy atom. The lowest BCUT2D eigenvalue weighted by Gasteiger charge is -2.16. The van der Waals surface area contributed by atoms with Gasteiger partial charge in [0.1, 0.15) is 11.9 Å². The minimum absolute atomic E-state index is 0.202. The molecule has 0 amide bonds. The predicted octanol–water partition coefficient (Wildman–Crippen LogP) is 3.18. The fraction of sp³-hybridized carbons (Fsp3) is 0.333. The molecule has 0 saturated heterocycles. The molecule has 2 aliphatic heterocycles. The van der Waals surface area contributed by atoms with Crippen LogP contribution >= 0.6 is 0 Å². The highest BCUT2D eigenvalue weighted by Gasteiger charge is 2.23. The van der Waals surface area contributed by atoms with Crippen LogP contribution in [-0.4, -0.2) is 23.3 Å². The fourth-order valence-electron chi connectivity index (χ4n) is 3.16. The third kappa shape index (κ3) is 2.86. The third-order valence-corrected chi connectivity index (χ3v) is 4.32. The average molecular weight is 308 g/mol. The van der Waals surface area contributed by atoms with Gasteiger partial charge in [-0.25, -0.2) is 4.98 Å². The Bertz CT molecular complexity index is 729. The number of benzene rings is 1.